The number of rotatable bonds is 3. The fourth-order valence-electron chi connectivity index (χ4n) is 1.20. The summed E-state index contributed by atoms with van der Waals surface area (Å²) in [6.45, 7) is 0.778. The summed E-state index contributed by atoms with van der Waals surface area (Å²) in [6, 6.07) is 3.85. The molecule has 0 spiro atoms. The Kier molecular flexibility index (Phi) is 3.51. The molecule has 0 aromatic heterocycles. The number of carbonyl (C=O) groups excluding carboxylic acids is 1. The zero-order valence-corrected chi connectivity index (χ0v) is 8.47. The predicted molar refractivity (Wildman–Crippen MR) is 55.8 cm³/mol. The second-order valence-corrected chi connectivity index (χ2v) is 3.22. The molecule has 0 saturated carbocycles. The molecule has 5 nitrogen and oxygen atoms in total. The van der Waals surface area contributed by atoms with Crippen molar-refractivity contribution in [2.75, 3.05) is 20.1 Å². The number of hydrogen-bond donors (Lipinski definition) is 3. The molecule has 15 heavy (non-hydrogen) atoms. The Morgan fingerprint density at radius 2 is 2.13 bits per heavy atom. The van der Waals surface area contributed by atoms with E-state index in [0.29, 0.717) is 13.1 Å². The Morgan fingerprint density at radius 1 is 1.47 bits per heavy atom. The van der Waals surface area contributed by atoms with Gasteiger partial charge in [-0.05, 0) is 12.1 Å². The first-order valence-electron chi connectivity index (χ1n) is 4.53. The van der Waals surface area contributed by atoms with Gasteiger partial charge in [-0.3, -0.25) is 4.79 Å². The predicted octanol–water partition coefficient (Wildman–Crippen LogP) is 0.128. The number of phenols is 2. The largest absolute Gasteiger partial charge is 0.508 e. The summed E-state index contributed by atoms with van der Waals surface area (Å²) in [7, 11) is 1.60. The number of likely N-dealkylation sites (N-methyl/N-ethyl adjacent to an activating group) is 1. The molecule has 0 heterocycles. The maximum Gasteiger partial charge on any atom is 0.257 e. The first-order valence-corrected chi connectivity index (χ1v) is 4.53. The molecule has 0 bridgehead atoms. The van der Waals surface area contributed by atoms with E-state index in [2.05, 4.69) is 0 Å². The average molecular weight is 210 g/mol. The fourth-order valence-corrected chi connectivity index (χ4v) is 1.20. The molecule has 0 unspecified atom stereocenters. The van der Waals surface area contributed by atoms with Crippen LogP contribution in [-0.4, -0.2) is 41.2 Å². The van der Waals surface area contributed by atoms with Crippen LogP contribution in [0.15, 0.2) is 18.2 Å². The molecule has 0 saturated heterocycles. The fraction of sp³-hybridized carbons (Fsp3) is 0.300. The highest BCUT2D eigenvalue weighted by Gasteiger charge is 2.15. The Morgan fingerprint density at radius 3 is 2.67 bits per heavy atom. The molecule has 82 valence electrons. The lowest BCUT2D eigenvalue weighted by molar-refractivity contribution is 0.0796. The third-order valence-corrected chi connectivity index (χ3v) is 2.02. The van der Waals surface area contributed by atoms with Crippen LogP contribution in [0.3, 0.4) is 0 Å². The van der Waals surface area contributed by atoms with E-state index in [-0.39, 0.29) is 23.0 Å². The highest BCUT2D eigenvalue weighted by Crippen LogP contribution is 2.23. The van der Waals surface area contributed by atoms with Crippen molar-refractivity contribution < 1.29 is 15.0 Å². The van der Waals surface area contributed by atoms with E-state index in [9.17, 15) is 9.90 Å². The number of carbonyl (C=O) groups is 1. The van der Waals surface area contributed by atoms with Crippen LogP contribution >= 0.6 is 0 Å². The molecule has 1 amide bonds. The van der Waals surface area contributed by atoms with Gasteiger partial charge in [-0.15, -0.1) is 0 Å². The van der Waals surface area contributed by atoms with Crippen molar-refractivity contribution in [3.8, 4) is 11.5 Å². The molecule has 0 aliphatic rings. The van der Waals surface area contributed by atoms with Crippen molar-refractivity contribution in [1.82, 2.24) is 4.90 Å². The summed E-state index contributed by atoms with van der Waals surface area (Å²) >= 11 is 0. The van der Waals surface area contributed by atoms with Crippen molar-refractivity contribution in [1.29, 1.82) is 0 Å². The third-order valence-electron chi connectivity index (χ3n) is 2.02. The van der Waals surface area contributed by atoms with Crippen molar-refractivity contribution in [3.05, 3.63) is 23.8 Å². The van der Waals surface area contributed by atoms with Crippen LogP contribution < -0.4 is 5.73 Å². The van der Waals surface area contributed by atoms with Crippen LogP contribution in [0.25, 0.3) is 0 Å². The number of phenolic OH excluding ortho intramolecular Hbond substituents is 2. The van der Waals surface area contributed by atoms with Gasteiger partial charge in [-0.2, -0.15) is 0 Å². The van der Waals surface area contributed by atoms with E-state index in [1.165, 1.54) is 17.0 Å². The second kappa shape index (κ2) is 4.65. The first-order chi connectivity index (χ1) is 7.06. The molecular weight excluding hydrogens is 196 g/mol. The standard InChI is InChI=1S/C10H14N2O3/c1-12(5-4-11)10(15)8-3-2-7(13)6-9(8)14/h2-3,6,13-14H,4-5,11H2,1H3. The quantitative estimate of drug-likeness (QED) is 0.661. The van der Waals surface area contributed by atoms with E-state index < -0.39 is 0 Å². The molecule has 1 aromatic rings. The minimum Gasteiger partial charge on any atom is -0.508 e. The van der Waals surface area contributed by atoms with Crippen LogP contribution in [0.2, 0.25) is 0 Å². The smallest absolute Gasteiger partial charge is 0.257 e. The number of hydrogen-bond acceptors (Lipinski definition) is 4. The summed E-state index contributed by atoms with van der Waals surface area (Å²) in [4.78, 5) is 13.1. The molecule has 4 N–H and O–H groups in total. The topological polar surface area (TPSA) is 86.8 Å². The van der Waals surface area contributed by atoms with Crippen LogP contribution in [-0.2, 0) is 0 Å². The van der Waals surface area contributed by atoms with Crippen molar-refractivity contribution in [2.45, 2.75) is 0 Å². The second-order valence-electron chi connectivity index (χ2n) is 3.22. The molecular formula is C10H14N2O3. The van der Waals surface area contributed by atoms with Crippen LogP contribution in [0.4, 0.5) is 0 Å². The van der Waals surface area contributed by atoms with Gasteiger partial charge < -0.3 is 20.8 Å². The maximum atomic E-state index is 11.7. The van der Waals surface area contributed by atoms with Gasteiger partial charge in [0.1, 0.15) is 11.5 Å². The van der Waals surface area contributed by atoms with E-state index in [0.717, 1.165) is 6.07 Å². The lowest BCUT2D eigenvalue weighted by Gasteiger charge is -2.16. The van der Waals surface area contributed by atoms with Crippen LogP contribution in [0.5, 0.6) is 11.5 Å². The SMILES string of the molecule is CN(CCN)C(=O)c1ccc(O)cc1O. The number of nitrogens with two attached hydrogens (primary N) is 1. The van der Waals surface area contributed by atoms with Gasteiger partial charge in [0.15, 0.2) is 0 Å². The van der Waals surface area contributed by atoms with Gasteiger partial charge in [-0.1, -0.05) is 0 Å². The monoisotopic (exact) mass is 210 g/mol. The minimum atomic E-state index is -0.321. The van der Waals surface area contributed by atoms with Gasteiger partial charge in [0.2, 0.25) is 0 Å². The number of benzene rings is 1. The molecule has 0 aliphatic carbocycles. The lowest BCUT2D eigenvalue weighted by Crippen LogP contribution is -2.31. The Labute approximate surface area is 87.7 Å². The normalized spacial score (nSPS) is 10.0. The van der Waals surface area contributed by atoms with E-state index in [1.54, 1.807) is 7.05 Å². The third kappa shape index (κ3) is 2.60. The zero-order chi connectivity index (χ0) is 11.4. The zero-order valence-electron chi connectivity index (χ0n) is 8.47. The summed E-state index contributed by atoms with van der Waals surface area (Å²) in [6.07, 6.45) is 0. The van der Waals surface area contributed by atoms with Crippen molar-refractivity contribution >= 4 is 5.91 Å². The molecule has 1 aromatic carbocycles. The molecule has 0 fully saturated rings. The summed E-state index contributed by atoms with van der Waals surface area (Å²) in [5.41, 5.74) is 5.47. The van der Waals surface area contributed by atoms with E-state index in [1.807, 2.05) is 0 Å². The van der Waals surface area contributed by atoms with Gasteiger partial charge in [-0.25, -0.2) is 0 Å². The van der Waals surface area contributed by atoms with E-state index in [4.69, 9.17) is 10.8 Å². The Hall–Kier alpha value is -1.75. The molecule has 5 heteroatoms. The molecule has 1 rings (SSSR count). The van der Waals surface area contributed by atoms with Crippen molar-refractivity contribution in [3.63, 3.8) is 0 Å². The maximum absolute atomic E-state index is 11.7. The Bertz CT molecular complexity index is 366. The van der Waals surface area contributed by atoms with Gasteiger partial charge in [0.25, 0.3) is 5.91 Å². The summed E-state index contributed by atoms with van der Waals surface area (Å²) in [5, 5.41) is 18.5. The highest BCUT2D eigenvalue weighted by atomic mass is 16.3. The first kappa shape index (κ1) is 11.3. The van der Waals surface area contributed by atoms with E-state index >= 15 is 0 Å². The summed E-state index contributed by atoms with van der Waals surface area (Å²) < 4.78 is 0. The number of nitrogens with zero attached hydrogens (tertiary/aromatic N) is 1. The summed E-state index contributed by atoms with van der Waals surface area (Å²) in [5.74, 6) is -0.632. The molecule has 0 aliphatic heterocycles. The van der Waals surface area contributed by atoms with Gasteiger partial charge in [0.05, 0.1) is 5.56 Å². The van der Waals surface area contributed by atoms with Crippen molar-refractivity contribution in [2.24, 2.45) is 5.73 Å². The highest BCUT2D eigenvalue weighted by molar-refractivity contribution is 5.96. The van der Waals surface area contributed by atoms with Crippen LogP contribution in [0.1, 0.15) is 10.4 Å². The lowest BCUT2D eigenvalue weighted by atomic mass is 10.1. The number of amides is 1. The Balaban J connectivity index is 2.91. The van der Waals surface area contributed by atoms with Crippen LogP contribution in [0, 0.1) is 0 Å². The average Bonchev–Trinajstić information content (AvgIpc) is 2.17. The molecule has 0 radical (unpaired) electrons. The van der Waals surface area contributed by atoms with Gasteiger partial charge in [0, 0.05) is 26.2 Å². The molecule has 0 atom stereocenters. The van der Waals surface area contributed by atoms with Gasteiger partial charge >= 0.3 is 0 Å². The minimum absolute atomic E-state index is 0.0782. The number of aromatic hydroxyl groups is 2.